The smallest absolute Gasteiger partial charge is 0.193 e. The first-order chi connectivity index (χ1) is 9.33. The number of hydrogen-bond donors (Lipinski definition) is 1. The van der Waals surface area contributed by atoms with Crippen LogP contribution in [0.2, 0.25) is 5.02 Å². The summed E-state index contributed by atoms with van der Waals surface area (Å²) >= 11 is 6.11. The standard InChI is InChI=1S/C13H20ClN3O2S.HI/c1-15-13(16-8-9-20(3,18)19)17(2)10-11-6-4-5-7-12(11)14;/h4-7H,8-10H2,1-3H3,(H,15,16);1H. The molecule has 0 aliphatic heterocycles. The van der Waals surface area contributed by atoms with Gasteiger partial charge in [-0.2, -0.15) is 0 Å². The van der Waals surface area contributed by atoms with Gasteiger partial charge in [0.25, 0.3) is 0 Å². The van der Waals surface area contributed by atoms with Gasteiger partial charge in [-0.3, -0.25) is 4.99 Å². The van der Waals surface area contributed by atoms with Gasteiger partial charge in [0.2, 0.25) is 0 Å². The molecule has 0 heterocycles. The minimum Gasteiger partial charge on any atom is -0.355 e. The third kappa shape index (κ3) is 7.87. The summed E-state index contributed by atoms with van der Waals surface area (Å²) in [5.74, 6) is 0.708. The van der Waals surface area contributed by atoms with E-state index >= 15 is 0 Å². The zero-order valence-electron chi connectivity index (χ0n) is 12.3. The molecule has 0 unspecified atom stereocenters. The summed E-state index contributed by atoms with van der Waals surface area (Å²) in [5.41, 5.74) is 0.989. The number of nitrogens with one attached hydrogen (secondary N) is 1. The van der Waals surface area contributed by atoms with E-state index in [9.17, 15) is 8.42 Å². The van der Waals surface area contributed by atoms with Crippen molar-refractivity contribution >= 4 is 51.4 Å². The Kier molecular flexibility index (Phi) is 9.23. The van der Waals surface area contributed by atoms with E-state index in [0.29, 0.717) is 24.1 Å². The van der Waals surface area contributed by atoms with Crippen LogP contribution in [0.25, 0.3) is 0 Å². The maximum Gasteiger partial charge on any atom is 0.193 e. The first-order valence-corrected chi connectivity index (χ1v) is 8.60. The second-order valence-electron chi connectivity index (χ2n) is 4.55. The normalized spacial score (nSPS) is 11.7. The van der Waals surface area contributed by atoms with Crippen LogP contribution in [-0.4, -0.2) is 51.9 Å². The molecule has 0 saturated heterocycles. The van der Waals surface area contributed by atoms with E-state index in [-0.39, 0.29) is 29.7 Å². The van der Waals surface area contributed by atoms with Crippen molar-refractivity contribution in [2.24, 2.45) is 4.99 Å². The molecule has 0 aromatic heterocycles. The number of benzene rings is 1. The molecule has 0 aliphatic carbocycles. The highest BCUT2D eigenvalue weighted by molar-refractivity contribution is 14.0. The van der Waals surface area contributed by atoms with Crippen LogP contribution in [0.3, 0.4) is 0 Å². The van der Waals surface area contributed by atoms with Gasteiger partial charge < -0.3 is 10.2 Å². The Morgan fingerprint density at radius 2 is 2.00 bits per heavy atom. The van der Waals surface area contributed by atoms with Gasteiger partial charge in [-0.25, -0.2) is 8.42 Å². The number of sulfone groups is 1. The lowest BCUT2D eigenvalue weighted by Gasteiger charge is -2.22. The summed E-state index contributed by atoms with van der Waals surface area (Å²) in [6, 6.07) is 7.59. The molecule has 0 fully saturated rings. The Morgan fingerprint density at radius 3 is 2.52 bits per heavy atom. The van der Waals surface area contributed by atoms with Crippen molar-refractivity contribution in [2.75, 3.05) is 32.6 Å². The number of aliphatic imine (C=N–C) groups is 1. The second kappa shape index (κ2) is 9.47. The molecule has 21 heavy (non-hydrogen) atoms. The highest BCUT2D eigenvalue weighted by Crippen LogP contribution is 2.16. The Labute approximate surface area is 148 Å². The van der Waals surface area contributed by atoms with Crippen molar-refractivity contribution in [1.29, 1.82) is 0 Å². The van der Waals surface area contributed by atoms with Crippen LogP contribution in [0, 0.1) is 0 Å². The summed E-state index contributed by atoms with van der Waals surface area (Å²) in [4.78, 5) is 6.02. The number of rotatable bonds is 5. The average Bonchev–Trinajstić information content (AvgIpc) is 2.36. The third-order valence-corrected chi connectivity index (χ3v) is 4.01. The van der Waals surface area contributed by atoms with E-state index in [1.54, 1.807) is 7.05 Å². The van der Waals surface area contributed by atoms with Gasteiger partial charge in [-0.15, -0.1) is 24.0 Å². The second-order valence-corrected chi connectivity index (χ2v) is 7.22. The lowest BCUT2D eigenvalue weighted by molar-refractivity contribution is 0.479. The number of guanidine groups is 1. The fraction of sp³-hybridized carbons (Fsp3) is 0.462. The van der Waals surface area contributed by atoms with Gasteiger partial charge in [0, 0.05) is 38.5 Å². The molecule has 1 aromatic carbocycles. The minimum atomic E-state index is -2.98. The first kappa shape index (κ1) is 20.5. The molecule has 5 nitrogen and oxygen atoms in total. The molecule has 0 amide bonds. The Morgan fingerprint density at radius 1 is 1.38 bits per heavy atom. The number of nitrogens with zero attached hydrogens (tertiary/aromatic N) is 2. The maximum absolute atomic E-state index is 11.1. The van der Waals surface area contributed by atoms with Crippen LogP contribution < -0.4 is 5.32 Å². The summed E-state index contributed by atoms with van der Waals surface area (Å²) < 4.78 is 22.2. The number of hydrogen-bond acceptors (Lipinski definition) is 3. The summed E-state index contributed by atoms with van der Waals surface area (Å²) in [6.45, 7) is 0.927. The van der Waals surface area contributed by atoms with Crippen LogP contribution in [-0.2, 0) is 16.4 Å². The van der Waals surface area contributed by atoms with E-state index < -0.39 is 9.84 Å². The van der Waals surface area contributed by atoms with Gasteiger partial charge in [0.1, 0.15) is 9.84 Å². The van der Waals surface area contributed by atoms with Gasteiger partial charge in [-0.05, 0) is 11.6 Å². The maximum atomic E-state index is 11.1. The van der Waals surface area contributed by atoms with Crippen molar-refractivity contribution in [3.63, 3.8) is 0 Å². The van der Waals surface area contributed by atoms with Crippen molar-refractivity contribution in [2.45, 2.75) is 6.54 Å². The minimum absolute atomic E-state index is 0. The zero-order chi connectivity index (χ0) is 15.2. The molecular weight excluding hydrogens is 425 g/mol. The van der Waals surface area contributed by atoms with Crippen LogP contribution in [0.4, 0.5) is 0 Å². The molecular formula is C13H21ClIN3O2S. The zero-order valence-corrected chi connectivity index (χ0v) is 16.2. The SMILES string of the molecule is CN=C(NCCS(C)(=O)=O)N(C)Cc1ccccc1Cl.I. The van der Waals surface area contributed by atoms with Crippen LogP contribution >= 0.6 is 35.6 Å². The highest BCUT2D eigenvalue weighted by Gasteiger charge is 2.09. The Balaban J connectivity index is 0.00000400. The molecule has 120 valence electrons. The molecule has 1 N–H and O–H groups in total. The van der Waals surface area contributed by atoms with Crippen molar-refractivity contribution in [3.8, 4) is 0 Å². The van der Waals surface area contributed by atoms with E-state index in [1.165, 1.54) is 6.26 Å². The van der Waals surface area contributed by atoms with Gasteiger partial charge in [-0.1, -0.05) is 29.8 Å². The lowest BCUT2D eigenvalue weighted by Crippen LogP contribution is -2.40. The van der Waals surface area contributed by atoms with Crippen molar-refractivity contribution in [1.82, 2.24) is 10.2 Å². The summed E-state index contributed by atoms with van der Waals surface area (Å²) in [6.07, 6.45) is 1.21. The predicted molar refractivity (Wildman–Crippen MR) is 99.4 cm³/mol. The van der Waals surface area contributed by atoms with E-state index in [4.69, 9.17) is 11.6 Å². The Bertz CT molecular complexity index is 579. The van der Waals surface area contributed by atoms with Crippen molar-refractivity contribution < 1.29 is 8.42 Å². The van der Waals surface area contributed by atoms with E-state index in [0.717, 1.165) is 5.56 Å². The highest BCUT2D eigenvalue weighted by atomic mass is 127. The van der Waals surface area contributed by atoms with Gasteiger partial charge in [0.05, 0.1) is 5.75 Å². The largest absolute Gasteiger partial charge is 0.355 e. The van der Waals surface area contributed by atoms with Gasteiger partial charge in [0.15, 0.2) is 5.96 Å². The molecule has 0 saturated carbocycles. The Hall–Kier alpha value is -0.540. The monoisotopic (exact) mass is 445 g/mol. The summed E-state index contributed by atoms with van der Waals surface area (Å²) in [7, 11) is 0.556. The predicted octanol–water partition coefficient (Wildman–Crippen LogP) is 2.01. The first-order valence-electron chi connectivity index (χ1n) is 6.16. The molecule has 1 rings (SSSR count). The topological polar surface area (TPSA) is 61.8 Å². The van der Waals surface area contributed by atoms with Crippen molar-refractivity contribution in [3.05, 3.63) is 34.9 Å². The number of halogens is 2. The summed E-state index contributed by atoms with van der Waals surface area (Å²) in [5, 5.41) is 3.72. The molecule has 1 aromatic rings. The molecule has 0 spiro atoms. The van der Waals surface area contributed by atoms with Crippen LogP contribution in [0.1, 0.15) is 5.56 Å². The van der Waals surface area contributed by atoms with E-state index in [2.05, 4.69) is 10.3 Å². The van der Waals surface area contributed by atoms with Crippen LogP contribution in [0.5, 0.6) is 0 Å². The third-order valence-electron chi connectivity index (χ3n) is 2.69. The molecule has 0 aliphatic rings. The molecule has 0 radical (unpaired) electrons. The van der Waals surface area contributed by atoms with Crippen LogP contribution in [0.15, 0.2) is 29.3 Å². The molecule has 8 heteroatoms. The molecule has 0 bridgehead atoms. The average molecular weight is 446 g/mol. The lowest BCUT2D eigenvalue weighted by atomic mass is 10.2. The van der Waals surface area contributed by atoms with Gasteiger partial charge >= 0.3 is 0 Å². The van der Waals surface area contributed by atoms with E-state index in [1.807, 2.05) is 36.2 Å². The molecule has 0 atom stereocenters. The fourth-order valence-corrected chi connectivity index (χ4v) is 2.36. The fourth-order valence-electron chi connectivity index (χ4n) is 1.69. The quantitative estimate of drug-likeness (QED) is 0.428.